The lowest BCUT2D eigenvalue weighted by Crippen LogP contribution is -2.57. The molecule has 0 aliphatic carbocycles. The summed E-state index contributed by atoms with van der Waals surface area (Å²) in [6.07, 6.45) is 6.84. The SMILES string of the molecule is O=C(c1cnn2cccnc12)C1CC2COCC(C1)N2Cc1ccccc1. The van der Waals surface area contributed by atoms with Gasteiger partial charge in [0.05, 0.1) is 25.0 Å². The van der Waals surface area contributed by atoms with Crippen LogP contribution in [0.2, 0.25) is 0 Å². The van der Waals surface area contributed by atoms with Crippen molar-refractivity contribution in [1.82, 2.24) is 19.5 Å². The Labute approximate surface area is 157 Å². The maximum Gasteiger partial charge on any atom is 0.171 e. The highest BCUT2D eigenvalue weighted by atomic mass is 16.5. The van der Waals surface area contributed by atoms with Crippen LogP contribution in [0.25, 0.3) is 5.65 Å². The van der Waals surface area contributed by atoms with Gasteiger partial charge in [-0.05, 0) is 24.5 Å². The summed E-state index contributed by atoms with van der Waals surface area (Å²) in [5, 5.41) is 4.28. The average Bonchev–Trinajstić information content (AvgIpc) is 3.12. The van der Waals surface area contributed by atoms with Gasteiger partial charge in [0.1, 0.15) is 0 Å². The number of benzene rings is 1. The van der Waals surface area contributed by atoms with Crippen molar-refractivity contribution < 1.29 is 9.53 Å². The standard InChI is InChI=1S/C21H22N4O2/c26-20(19-11-23-25-8-4-7-22-21(19)25)16-9-17-13-27-14-18(10-16)24(17)12-15-5-2-1-3-6-15/h1-8,11,16-18H,9-10,12-14H2. The highest BCUT2D eigenvalue weighted by molar-refractivity contribution is 6.02. The molecule has 2 fully saturated rings. The molecular weight excluding hydrogens is 340 g/mol. The molecule has 4 heterocycles. The van der Waals surface area contributed by atoms with E-state index in [9.17, 15) is 4.79 Å². The smallest absolute Gasteiger partial charge is 0.171 e. The van der Waals surface area contributed by atoms with Crippen molar-refractivity contribution in [3.8, 4) is 0 Å². The molecule has 2 aromatic heterocycles. The van der Waals surface area contributed by atoms with Crippen LogP contribution in [0.15, 0.2) is 55.0 Å². The summed E-state index contributed by atoms with van der Waals surface area (Å²) in [7, 11) is 0. The molecular formula is C21H22N4O2. The van der Waals surface area contributed by atoms with E-state index in [2.05, 4.69) is 39.2 Å². The number of hydrogen-bond acceptors (Lipinski definition) is 5. The molecule has 0 radical (unpaired) electrons. The van der Waals surface area contributed by atoms with Gasteiger partial charge in [0, 0.05) is 36.9 Å². The average molecular weight is 362 g/mol. The maximum atomic E-state index is 13.2. The topological polar surface area (TPSA) is 59.7 Å². The lowest BCUT2D eigenvalue weighted by molar-refractivity contribution is -0.0872. The van der Waals surface area contributed by atoms with Gasteiger partial charge in [-0.1, -0.05) is 30.3 Å². The highest BCUT2D eigenvalue weighted by Crippen LogP contribution is 2.35. The summed E-state index contributed by atoms with van der Waals surface area (Å²) in [6, 6.07) is 12.9. The predicted molar refractivity (Wildman–Crippen MR) is 100 cm³/mol. The predicted octanol–water partition coefficient (Wildman–Crippen LogP) is 2.59. The fourth-order valence-corrected chi connectivity index (χ4v) is 4.48. The molecule has 2 aliphatic rings. The molecule has 1 aromatic carbocycles. The van der Waals surface area contributed by atoms with Crippen molar-refractivity contribution in [2.75, 3.05) is 13.2 Å². The van der Waals surface area contributed by atoms with E-state index < -0.39 is 0 Å². The van der Waals surface area contributed by atoms with Crippen molar-refractivity contribution in [3.63, 3.8) is 0 Å². The molecule has 6 heteroatoms. The summed E-state index contributed by atoms with van der Waals surface area (Å²) in [5.74, 6) is 0.172. The Bertz CT molecular complexity index is 941. The van der Waals surface area contributed by atoms with E-state index in [0.29, 0.717) is 24.4 Å². The van der Waals surface area contributed by atoms with Crippen LogP contribution in [0.3, 0.4) is 0 Å². The second kappa shape index (κ2) is 6.87. The quantitative estimate of drug-likeness (QED) is 0.668. The third-order valence-electron chi connectivity index (χ3n) is 5.80. The summed E-state index contributed by atoms with van der Waals surface area (Å²) in [4.78, 5) is 20.1. The van der Waals surface area contributed by atoms with Crippen molar-refractivity contribution in [2.24, 2.45) is 5.92 Å². The zero-order valence-electron chi connectivity index (χ0n) is 15.1. The Morgan fingerprint density at radius 1 is 1.11 bits per heavy atom. The van der Waals surface area contributed by atoms with Crippen LogP contribution < -0.4 is 0 Å². The van der Waals surface area contributed by atoms with Gasteiger partial charge in [0.2, 0.25) is 0 Å². The number of morpholine rings is 1. The number of carbonyl (C=O) groups is 1. The first-order valence-corrected chi connectivity index (χ1v) is 9.49. The number of carbonyl (C=O) groups excluding carboxylic acids is 1. The first-order valence-electron chi connectivity index (χ1n) is 9.49. The maximum absolute atomic E-state index is 13.2. The van der Waals surface area contributed by atoms with Gasteiger partial charge in [0.25, 0.3) is 0 Å². The molecule has 2 aliphatic heterocycles. The molecule has 0 amide bonds. The number of rotatable bonds is 4. The molecule has 2 bridgehead atoms. The second-order valence-electron chi connectivity index (χ2n) is 7.48. The lowest BCUT2D eigenvalue weighted by Gasteiger charge is -2.48. The lowest BCUT2D eigenvalue weighted by atomic mass is 9.81. The van der Waals surface area contributed by atoms with E-state index >= 15 is 0 Å². The molecule has 6 nitrogen and oxygen atoms in total. The third kappa shape index (κ3) is 3.05. The zero-order valence-corrected chi connectivity index (χ0v) is 15.1. The fraction of sp³-hybridized carbons (Fsp3) is 0.381. The number of ether oxygens (including phenoxy) is 1. The van der Waals surface area contributed by atoms with Gasteiger partial charge in [-0.2, -0.15) is 5.10 Å². The van der Waals surface area contributed by atoms with Gasteiger partial charge in [-0.15, -0.1) is 0 Å². The summed E-state index contributed by atoms with van der Waals surface area (Å²) in [5.41, 5.74) is 2.60. The van der Waals surface area contributed by atoms with Gasteiger partial charge in [-0.25, -0.2) is 9.50 Å². The normalized spacial score (nSPS) is 25.6. The molecule has 2 saturated heterocycles. The summed E-state index contributed by atoms with van der Waals surface area (Å²) < 4.78 is 7.48. The number of ketones is 1. The number of nitrogens with zero attached hydrogens (tertiary/aromatic N) is 4. The van der Waals surface area contributed by atoms with Crippen LogP contribution in [0, 0.1) is 5.92 Å². The van der Waals surface area contributed by atoms with E-state index in [0.717, 1.165) is 19.4 Å². The highest BCUT2D eigenvalue weighted by Gasteiger charge is 2.41. The Morgan fingerprint density at radius 3 is 2.67 bits per heavy atom. The largest absolute Gasteiger partial charge is 0.378 e. The molecule has 2 unspecified atom stereocenters. The molecule has 0 spiro atoms. The molecule has 138 valence electrons. The Balaban J connectivity index is 1.37. The summed E-state index contributed by atoms with van der Waals surface area (Å²) >= 11 is 0. The molecule has 0 N–H and O–H groups in total. The van der Waals surface area contributed by atoms with E-state index in [1.165, 1.54) is 5.56 Å². The van der Waals surface area contributed by atoms with E-state index in [1.807, 2.05) is 18.3 Å². The number of fused-ring (bicyclic) bond motifs is 3. The van der Waals surface area contributed by atoms with E-state index in [1.54, 1.807) is 16.9 Å². The van der Waals surface area contributed by atoms with Crippen molar-refractivity contribution in [3.05, 3.63) is 66.1 Å². The number of hydrogen-bond donors (Lipinski definition) is 0. The zero-order chi connectivity index (χ0) is 18.2. The molecule has 0 saturated carbocycles. The van der Waals surface area contributed by atoms with Gasteiger partial charge in [-0.3, -0.25) is 9.69 Å². The van der Waals surface area contributed by atoms with Crippen LogP contribution in [0.1, 0.15) is 28.8 Å². The third-order valence-corrected chi connectivity index (χ3v) is 5.80. The second-order valence-corrected chi connectivity index (χ2v) is 7.48. The molecule has 5 rings (SSSR count). The summed E-state index contributed by atoms with van der Waals surface area (Å²) in [6.45, 7) is 2.30. The van der Waals surface area contributed by atoms with Crippen LogP contribution in [0.4, 0.5) is 0 Å². The molecule has 3 aromatic rings. The minimum absolute atomic E-state index is 0.00549. The van der Waals surface area contributed by atoms with Crippen LogP contribution in [-0.4, -0.2) is 50.6 Å². The first kappa shape index (κ1) is 16.6. The van der Waals surface area contributed by atoms with Crippen molar-refractivity contribution >= 4 is 11.4 Å². The van der Waals surface area contributed by atoms with Crippen molar-refractivity contribution in [2.45, 2.75) is 31.5 Å². The number of piperidine rings is 1. The monoisotopic (exact) mass is 362 g/mol. The molecule has 27 heavy (non-hydrogen) atoms. The van der Waals surface area contributed by atoms with E-state index in [4.69, 9.17) is 4.74 Å². The number of Topliss-reactive ketones (excluding diaryl/α,β-unsaturated/α-hetero) is 1. The van der Waals surface area contributed by atoms with Gasteiger partial charge in [0.15, 0.2) is 11.4 Å². The van der Waals surface area contributed by atoms with E-state index in [-0.39, 0.29) is 23.8 Å². The van der Waals surface area contributed by atoms with Crippen molar-refractivity contribution in [1.29, 1.82) is 0 Å². The van der Waals surface area contributed by atoms with Gasteiger partial charge < -0.3 is 4.74 Å². The Morgan fingerprint density at radius 2 is 1.89 bits per heavy atom. The fourth-order valence-electron chi connectivity index (χ4n) is 4.48. The Kier molecular flexibility index (Phi) is 4.22. The van der Waals surface area contributed by atoms with Crippen LogP contribution in [0.5, 0.6) is 0 Å². The number of aromatic nitrogens is 3. The van der Waals surface area contributed by atoms with Crippen LogP contribution >= 0.6 is 0 Å². The van der Waals surface area contributed by atoms with Crippen LogP contribution in [-0.2, 0) is 11.3 Å². The minimum atomic E-state index is 0.00549. The Hall–Kier alpha value is -2.57. The van der Waals surface area contributed by atoms with Gasteiger partial charge >= 0.3 is 0 Å². The first-order chi connectivity index (χ1) is 13.3. The molecule has 2 atom stereocenters. The minimum Gasteiger partial charge on any atom is -0.378 e.